The fraction of sp³-hybridized carbons (Fsp3) is 0.308. The molecule has 0 aliphatic heterocycles. The van der Waals surface area contributed by atoms with Crippen LogP contribution in [0.25, 0.3) is 0 Å². The van der Waals surface area contributed by atoms with Gasteiger partial charge in [0.1, 0.15) is 0 Å². The van der Waals surface area contributed by atoms with Crippen LogP contribution in [0.3, 0.4) is 0 Å². The Bertz CT molecular complexity index is 662. The Morgan fingerprint density at radius 3 is 2.05 bits per heavy atom. The Balaban J connectivity index is 3.09. The number of benzene rings is 1. The zero-order valence-corrected chi connectivity index (χ0v) is 12.6. The van der Waals surface area contributed by atoms with Crippen molar-refractivity contribution < 1.29 is 27.5 Å². The number of nitrogens with one attached hydrogen (secondary N) is 1. The molecule has 1 amide bonds. The number of carbonyl (C=O) groups excluding carboxylic acids is 3. The molecule has 1 rings (SSSR count). The Labute approximate surface area is 122 Å². The largest absolute Gasteiger partial charge is 0.467 e. The normalized spacial score (nSPS) is 12.3. The minimum Gasteiger partial charge on any atom is -0.467 e. The highest BCUT2D eigenvalue weighted by Crippen LogP contribution is 2.12. The molecule has 0 radical (unpaired) electrons. The van der Waals surface area contributed by atoms with E-state index in [9.17, 15) is 22.8 Å². The van der Waals surface area contributed by atoms with Crippen molar-refractivity contribution in [1.82, 2.24) is 5.32 Å². The predicted octanol–water partition coefficient (Wildman–Crippen LogP) is -0.0495. The van der Waals surface area contributed by atoms with Gasteiger partial charge in [-0.25, -0.2) is 13.2 Å². The van der Waals surface area contributed by atoms with Crippen LogP contribution in [0.1, 0.15) is 17.3 Å². The van der Waals surface area contributed by atoms with E-state index < -0.39 is 33.5 Å². The zero-order chi connectivity index (χ0) is 16.2. The van der Waals surface area contributed by atoms with Crippen LogP contribution in [-0.4, -0.2) is 45.5 Å². The van der Waals surface area contributed by atoms with Crippen LogP contribution >= 0.6 is 0 Å². The summed E-state index contributed by atoms with van der Waals surface area (Å²) < 4.78 is 27.1. The highest BCUT2D eigenvalue weighted by atomic mass is 32.2. The third-order valence-corrected chi connectivity index (χ3v) is 3.74. The number of sulfone groups is 1. The second-order valence-corrected chi connectivity index (χ2v) is 6.33. The van der Waals surface area contributed by atoms with Gasteiger partial charge in [-0.1, -0.05) is 12.1 Å². The number of amides is 1. The van der Waals surface area contributed by atoms with Crippen molar-refractivity contribution in [2.45, 2.75) is 17.9 Å². The number of hydrogen-bond acceptors (Lipinski definition) is 6. The molecule has 7 nitrogen and oxygen atoms in total. The van der Waals surface area contributed by atoms with Gasteiger partial charge in [0.05, 0.1) is 12.0 Å². The third kappa shape index (κ3) is 4.38. The summed E-state index contributed by atoms with van der Waals surface area (Å²) in [6, 6.07) is 3.60. The zero-order valence-electron chi connectivity index (χ0n) is 11.7. The van der Waals surface area contributed by atoms with Crippen molar-refractivity contribution in [3.05, 3.63) is 29.8 Å². The summed E-state index contributed by atoms with van der Waals surface area (Å²) in [5.74, 6) is -2.15. The minimum absolute atomic E-state index is 0.0493. The quantitative estimate of drug-likeness (QED) is 0.464. The summed E-state index contributed by atoms with van der Waals surface area (Å²) in [5, 5.41) is 2.19. The Hall–Kier alpha value is -2.22. The second-order valence-electron chi connectivity index (χ2n) is 4.32. The summed E-state index contributed by atoms with van der Waals surface area (Å²) in [5.41, 5.74) is 0.0894. The van der Waals surface area contributed by atoms with E-state index in [1.807, 2.05) is 0 Å². The average molecular weight is 313 g/mol. The van der Waals surface area contributed by atoms with E-state index in [1.165, 1.54) is 24.3 Å². The van der Waals surface area contributed by atoms with Gasteiger partial charge in [-0.2, -0.15) is 0 Å². The lowest BCUT2D eigenvalue weighted by Gasteiger charge is -2.14. The van der Waals surface area contributed by atoms with Crippen molar-refractivity contribution in [1.29, 1.82) is 0 Å². The number of methoxy groups -OCH3 is 1. The highest BCUT2D eigenvalue weighted by molar-refractivity contribution is 7.90. The van der Waals surface area contributed by atoms with Gasteiger partial charge < -0.3 is 10.1 Å². The lowest BCUT2D eigenvalue weighted by Crippen LogP contribution is -2.46. The standard InChI is InChI=1S/C13H15NO6S/c1-8(15)14-11(13(17)20-2)12(16)9-4-6-10(7-5-9)21(3,18)19/h4-7,11H,1-3H3,(H,14,15). The fourth-order valence-electron chi connectivity index (χ4n) is 1.59. The number of ether oxygens (including phenoxy) is 1. The monoisotopic (exact) mass is 313 g/mol. The van der Waals surface area contributed by atoms with Crippen LogP contribution in [0, 0.1) is 0 Å². The van der Waals surface area contributed by atoms with E-state index in [2.05, 4.69) is 10.1 Å². The smallest absolute Gasteiger partial charge is 0.336 e. The van der Waals surface area contributed by atoms with Gasteiger partial charge in [0.15, 0.2) is 21.7 Å². The molecule has 1 atom stereocenters. The van der Waals surface area contributed by atoms with Crippen LogP contribution < -0.4 is 5.32 Å². The second kappa shape index (κ2) is 6.49. The summed E-state index contributed by atoms with van der Waals surface area (Å²) in [6.07, 6.45) is 1.04. The van der Waals surface area contributed by atoms with Crippen molar-refractivity contribution in [3.63, 3.8) is 0 Å². The van der Waals surface area contributed by atoms with Crippen LogP contribution in [-0.2, 0) is 24.2 Å². The molecular weight excluding hydrogens is 298 g/mol. The fourth-order valence-corrected chi connectivity index (χ4v) is 2.22. The van der Waals surface area contributed by atoms with Gasteiger partial charge in [-0.3, -0.25) is 9.59 Å². The molecule has 1 N–H and O–H groups in total. The Morgan fingerprint density at radius 2 is 1.67 bits per heavy atom. The first-order valence-electron chi connectivity index (χ1n) is 5.86. The molecule has 8 heteroatoms. The van der Waals surface area contributed by atoms with Crippen LogP contribution in [0.15, 0.2) is 29.2 Å². The van der Waals surface area contributed by atoms with Crippen molar-refractivity contribution in [3.8, 4) is 0 Å². The number of esters is 1. The molecule has 0 saturated heterocycles. The molecule has 0 aliphatic carbocycles. The molecule has 0 fully saturated rings. The average Bonchev–Trinajstić information content (AvgIpc) is 2.42. The Kier molecular flexibility index (Phi) is 5.20. The maximum Gasteiger partial charge on any atom is 0.336 e. The number of rotatable bonds is 5. The number of Topliss-reactive ketones (excluding diaryl/α,β-unsaturated/α-hetero) is 1. The Morgan fingerprint density at radius 1 is 1.14 bits per heavy atom. The van der Waals surface area contributed by atoms with Gasteiger partial charge in [0.25, 0.3) is 0 Å². The van der Waals surface area contributed by atoms with E-state index in [-0.39, 0.29) is 10.5 Å². The molecule has 0 aromatic heterocycles. The highest BCUT2D eigenvalue weighted by Gasteiger charge is 2.29. The summed E-state index contributed by atoms with van der Waals surface area (Å²) in [7, 11) is -2.28. The first-order valence-corrected chi connectivity index (χ1v) is 7.75. The number of ketones is 1. The van der Waals surface area contributed by atoms with Crippen LogP contribution in [0.2, 0.25) is 0 Å². The van der Waals surface area contributed by atoms with Gasteiger partial charge >= 0.3 is 5.97 Å². The molecule has 0 heterocycles. The molecule has 0 aliphatic rings. The molecule has 1 unspecified atom stereocenters. The SMILES string of the molecule is COC(=O)C(NC(C)=O)C(=O)c1ccc(S(C)(=O)=O)cc1. The van der Waals surface area contributed by atoms with Crippen LogP contribution in [0.5, 0.6) is 0 Å². The van der Waals surface area contributed by atoms with E-state index in [4.69, 9.17) is 0 Å². The maximum atomic E-state index is 12.2. The van der Waals surface area contributed by atoms with Gasteiger partial charge in [0.2, 0.25) is 5.91 Å². The van der Waals surface area contributed by atoms with Gasteiger partial charge in [0, 0.05) is 18.7 Å². The van der Waals surface area contributed by atoms with Gasteiger partial charge in [-0.15, -0.1) is 0 Å². The molecule has 0 saturated carbocycles. The van der Waals surface area contributed by atoms with E-state index in [0.717, 1.165) is 20.3 Å². The van der Waals surface area contributed by atoms with E-state index in [1.54, 1.807) is 0 Å². The maximum absolute atomic E-state index is 12.2. The first kappa shape index (κ1) is 16.8. The molecular formula is C13H15NO6S. The number of hydrogen-bond donors (Lipinski definition) is 1. The van der Waals surface area contributed by atoms with Crippen LogP contribution in [0.4, 0.5) is 0 Å². The van der Waals surface area contributed by atoms with E-state index in [0.29, 0.717) is 0 Å². The number of carbonyl (C=O) groups is 3. The van der Waals surface area contributed by atoms with E-state index >= 15 is 0 Å². The summed E-state index contributed by atoms with van der Waals surface area (Å²) >= 11 is 0. The van der Waals surface area contributed by atoms with Crippen molar-refractivity contribution >= 4 is 27.5 Å². The summed E-state index contributed by atoms with van der Waals surface area (Å²) in [6.45, 7) is 1.16. The molecule has 0 bridgehead atoms. The predicted molar refractivity (Wildman–Crippen MR) is 73.5 cm³/mol. The lowest BCUT2D eigenvalue weighted by atomic mass is 10.0. The van der Waals surface area contributed by atoms with Crippen molar-refractivity contribution in [2.75, 3.05) is 13.4 Å². The molecule has 1 aromatic carbocycles. The molecule has 21 heavy (non-hydrogen) atoms. The van der Waals surface area contributed by atoms with Crippen molar-refractivity contribution in [2.24, 2.45) is 0 Å². The molecule has 114 valence electrons. The summed E-state index contributed by atoms with van der Waals surface area (Å²) in [4.78, 5) is 34.8. The molecule has 0 spiro atoms. The topological polar surface area (TPSA) is 107 Å². The molecule has 1 aromatic rings. The third-order valence-electron chi connectivity index (χ3n) is 2.61. The van der Waals surface area contributed by atoms with Gasteiger partial charge in [-0.05, 0) is 12.1 Å². The minimum atomic E-state index is -3.38. The lowest BCUT2D eigenvalue weighted by molar-refractivity contribution is -0.143. The first-order chi connectivity index (χ1) is 9.66.